The van der Waals surface area contributed by atoms with Crippen molar-refractivity contribution in [2.75, 3.05) is 7.11 Å². The van der Waals surface area contributed by atoms with E-state index in [2.05, 4.69) is 20.7 Å². The van der Waals surface area contributed by atoms with Crippen molar-refractivity contribution < 1.29 is 19.2 Å². The molecule has 0 atom stereocenters. The molecule has 2 aromatic carbocycles. The molecule has 1 amide bonds. The van der Waals surface area contributed by atoms with Crippen molar-refractivity contribution in [1.82, 2.24) is 15.6 Å². The summed E-state index contributed by atoms with van der Waals surface area (Å²) in [6.45, 7) is 3.85. The van der Waals surface area contributed by atoms with E-state index in [1.54, 1.807) is 31.4 Å². The lowest BCUT2D eigenvalue weighted by Gasteiger charge is -2.14. The minimum absolute atomic E-state index is 0.00279. The summed E-state index contributed by atoms with van der Waals surface area (Å²) in [5, 5.41) is 21.5. The first-order valence-corrected chi connectivity index (χ1v) is 9.35. The second kappa shape index (κ2) is 9.53. The van der Waals surface area contributed by atoms with E-state index >= 15 is 0 Å². The molecule has 0 radical (unpaired) electrons. The molecular formula is C21H21N5O5. The van der Waals surface area contributed by atoms with Crippen molar-refractivity contribution in [3.63, 3.8) is 0 Å². The number of carbonyl (C=O) groups is 1. The van der Waals surface area contributed by atoms with E-state index in [1.807, 2.05) is 19.9 Å². The number of amides is 1. The second-order valence-electron chi connectivity index (χ2n) is 6.75. The summed E-state index contributed by atoms with van der Waals surface area (Å²) in [6.07, 6.45) is 1.32. The van der Waals surface area contributed by atoms with Crippen molar-refractivity contribution in [3.8, 4) is 22.8 Å². The molecule has 2 N–H and O–H groups in total. The molecule has 0 saturated heterocycles. The van der Waals surface area contributed by atoms with Gasteiger partial charge in [0.05, 0.1) is 30.0 Å². The topological polar surface area (TPSA) is 132 Å². The highest BCUT2D eigenvalue weighted by Crippen LogP contribution is 2.32. The van der Waals surface area contributed by atoms with Gasteiger partial charge in [0.1, 0.15) is 5.69 Å². The normalized spacial score (nSPS) is 11.0. The third-order valence-corrected chi connectivity index (χ3v) is 4.11. The first-order chi connectivity index (χ1) is 14.9. The Morgan fingerprint density at radius 1 is 1.23 bits per heavy atom. The van der Waals surface area contributed by atoms with Crippen molar-refractivity contribution in [3.05, 3.63) is 69.9 Å². The van der Waals surface area contributed by atoms with Crippen LogP contribution in [0.1, 0.15) is 29.9 Å². The zero-order chi connectivity index (χ0) is 22.4. The van der Waals surface area contributed by atoms with E-state index in [1.165, 1.54) is 24.4 Å². The van der Waals surface area contributed by atoms with Gasteiger partial charge in [-0.25, -0.2) is 5.43 Å². The molecule has 0 saturated carbocycles. The van der Waals surface area contributed by atoms with E-state index in [0.29, 0.717) is 22.8 Å². The standard InChI is InChI=1S/C21H21N5O5/c1-13(2)31-19-8-7-15(10-20(19)30-3)17-11-18(24-23-17)21(27)25-22-12-14-5-4-6-16(9-14)26(28)29/h4-13H,1-3H3,(H,23,24)(H,25,27)/b22-12-. The predicted molar refractivity (Wildman–Crippen MR) is 114 cm³/mol. The summed E-state index contributed by atoms with van der Waals surface area (Å²) < 4.78 is 11.1. The van der Waals surface area contributed by atoms with Crippen LogP contribution in [0.2, 0.25) is 0 Å². The van der Waals surface area contributed by atoms with Gasteiger partial charge < -0.3 is 9.47 Å². The summed E-state index contributed by atoms with van der Waals surface area (Å²) in [4.78, 5) is 22.6. The number of H-pyrrole nitrogens is 1. The van der Waals surface area contributed by atoms with Crippen LogP contribution in [0.3, 0.4) is 0 Å². The molecule has 160 valence electrons. The third kappa shape index (κ3) is 5.44. The molecule has 31 heavy (non-hydrogen) atoms. The van der Waals surface area contributed by atoms with E-state index in [-0.39, 0.29) is 17.5 Å². The van der Waals surface area contributed by atoms with Gasteiger partial charge in [0.25, 0.3) is 11.6 Å². The maximum Gasteiger partial charge on any atom is 0.289 e. The number of methoxy groups -OCH3 is 1. The van der Waals surface area contributed by atoms with E-state index < -0.39 is 10.8 Å². The molecule has 0 fully saturated rings. The van der Waals surface area contributed by atoms with E-state index in [9.17, 15) is 14.9 Å². The fraction of sp³-hybridized carbons (Fsp3) is 0.190. The lowest BCUT2D eigenvalue weighted by Crippen LogP contribution is -2.18. The number of nitrogens with zero attached hydrogens (tertiary/aromatic N) is 3. The highest BCUT2D eigenvalue weighted by molar-refractivity contribution is 5.94. The van der Waals surface area contributed by atoms with Crippen LogP contribution in [-0.2, 0) is 0 Å². The molecule has 10 heteroatoms. The second-order valence-corrected chi connectivity index (χ2v) is 6.75. The molecule has 0 bridgehead atoms. The fourth-order valence-electron chi connectivity index (χ4n) is 2.71. The van der Waals surface area contributed by atoms with Crippen LogP contribution in [-0.4, -0.2) is 40.5 Å². The number of carbonyl (C=O) groups excluding carboxylic acids is 1. The van der Waals surface area contributed by atoms with E-state index in [0.717, 1.165) is 5.56 Å². The predicted octanol–water partition coefficient (Wildman–Crippen LogP) is 3.54. The average Bonchev–Trinajstić information content (AvgIpc) is 3.24. The number of non-ortho nitro benzene ring substituents is 1. The number of hydrogen-bond acceptors (Lipinski definition) is 7. The number of hydrazone groups is 1. The van der Waals surface area contributed by atoms with Gasteiger partial charge in [0.2, 0.25) is 0 Å². The van der Waals surface area contributed by atoms with Crippen LogP contribution in [0.25, 0.3) is 11.3 Å². The molecule has 0 aliphatic carbocycles. The molecule has 0 aliphatic heterocycles. The Morgan fingerprint density at radius 2 is 2.03 bits per heavy atom. The van der Waals surface area contributed by atoms with Crippen molar-refractivity contribution in [2.24, 2.45) is 5.10 Å². The Balaban J connectivity index is 1.69. The third-order valence-electron chi connectivity index (χ3n) is 4.11. The lowest BCUT2D eigenvalue weighted by molar-refractivity contribution is -0.384. The summed E-state index contributed by atoms with van der Waals surface area (Å²) in [6, 6.07) is 12.9. The van der Waals surface area contributed by atoms with Crippen LogP contribution < -0.4 is 14.9 Å². The Labute approximate surface area is 178 Å². The molecule has 0 spiro atoms. The molecule has 3 rings (SSSR count). The van der Waals surface area contributed by atoms with Crippen molar-refractivity contribution >= 4 is 17.8 Å². The van der Waals surface area contributed by atoms with Gasteiger partial charge in [0.15, 0.2) is 11.5 Å². The largest absolute Gasteiger partial charge is 0.493 e. The van der Waals surface area contributed by atoms with Gasteiger partial charge >= 0.3 is 0 Å². The zero-order valence-corrected chi connectivity index (χ0v) is 17.2. The fourth-order valence-corrected chi connectivity index (χ4v) is 2.71. The van der Waals surface area contributed by atoms with E-state index in [4.69, 9.17) is 9.47 Å². The number of nitro benzene ring substituents is 1. The Morgan fingerprint density at radius 3 is 2.74 bits per heavy atom. The van der Waals surface area contributed by atoms with Gasteiger partial charge in [-0.2, -0.15) is 10.2 Å². The molecular weight excluding hydrogens is 402 g/mol. The zero-order valence-electron chi connectivity index (χ0n) is 17.2. The molecule has 10 nitrogen and oxygen atoms in total. The van der Waals surface area contributed by atoms with Gasteiger partial charge in [-0.05, 0) is 38.1 Å². The number of nitrogens with one attached hydrogen (secondary N) is 2. The summed E-state index contributed by atoms with van der Waals surface area (Å²) in [7, 11) is 1.55. The number of rotatable bonds is 8. The summed E-state index contributed by atoms with van der Waals surface area (Å²) in [5.74, 6) is 0.666. The molecule has 0 unspecified atom stereocenters. The summed E-state index contributed by atoms with van der Waals surface area (Å²) in [5.41, 5.74) is 4.26. The van der Waals surface area contributed by atoms with Gasteiger partial charge in [-0.1, -0.05) is 12.1 Å². The van der Waals surface area contributed by atoms with Crippen LogP contribution in [0.5, 0.6) is 11.5 Å². The average molecular weight is 423 g/mol. The van der Waals surface area contributed by atoms with Crippen LogP contribution in [0.4, 0.5) is 5.69 Å². The number of nitro groups is 1. The molecule has 3 aromatic rings. The van der Waals surface area contributed by atoms with Crippen LogP contribution >= 0.6 is 0 Å². The van der Waals surface area contributed by atoms with Gasteiger partial charge in [-0.15, -0.1) is 0 Å². The SMILES string of the molecule is COc1cc(-c2cc(C(=O)N/N=C\c3cccc([N+](=O)[O-])c3)[nH]n2)ccc1OC(C)C. The smallest absolute Gasteiger partial charge is 0.289 e. The Kier molecular flexibility index (Phi) is 6.61. The van der Waals surface area contributed by atoms with Crippen molar-refractivity contribution in [1.29, 1.82) is 0 Å². The number of ether oxygens (including phenoxy) is 2. The lowest BCUT2D eigenvalue weighted by atomic mass is 10.1. The molecule has 1 aromatic heterocycles. The first kappa shape index (κ1) is 21.5. The Hall–Kier alpha value is -4.21. The molecule has 1 heterocycles. The maximum absolute atomic E-state index is 12.3. The monoisotopic (exact) mass is 423 g/mol. The van der Waals surface area contributed by atoms with Crippen molar-refractivity contribution in [2.45, 2.75) is 20.0 Å². The van der Waals surface area contributed by atoms with Gasteiger partial charge in [-0.3, -0.25) is 20.0 Å². The van der Waals surface area contributed by atoms with Crippen LogP contribution in [0.15, 0.2) is 53.6 Å². The minimum atomic E-state index is -0.507. The number of aromatic nitrogens is 2. The number of aromatic amines is 1. The Bertz CT molecular complexity index is 1120. The van der Waals surface area contributed by atoms with Gasteiger partial charge in [0, 0.05) is 23.3 Å². The number of hydrogen-bond donors (Lipinski definition) is 2. The minimum Gasteiger partial charge on any atom is -0.493 e. The molecule has 0 aliphatic rings. The quantitative estimate of drug-likeness (QED) is 0.324. The highest BCUT2D eigenvalue weighted by Gasteiger charge is 2.13. The maximum atomic E-state index is 12.3. The summed E-state index contributed by atoms with van der Waals surface area (Å²) >= 11 is 0. The number of benzene rings is 2. The van der Waals surface area contributed by atoms with Crippen LogP contribution in [0, 0.1) is 10.1 Å². The first-order valence-electron chi connectivity index (χ1n) is 9.35. The highest BCUT2D eigenvalue weighted by atomic mass is 16.6.